The average molecular weight is 212 g/mol. The molecule has 14 heavy (non-hydrogen) atoms. The summed E-state index contributed by atoms with van der Waals surface area (Å²) >= 11 is 1.82. The third-order valence-corrected chi connectivity index (χ3v) is 3.84. The Bertz CT molecular complexity index is 356. The Balaban J connectivity index is 2.38. The number of thioether (sulfide) groups is 1. The molecule has 1 saturated heterocycles. The lowest BCUT2D eigenvalue weighted by molar-refractivity contribution is 0.0695. The quantitative estimate of drug-likeness (QED) is 0.810. The van der Waals surface area contributed by atoms with Crippen molar-refractivity contribution in [1.29, 1.82) is 0 Å². The Morgan fingerprint density at radius 2 is 2.57 bits per heavy atom. The van der Waals surface area contributed by atoms with Crippen LogP contribution in [0.3, 0.4) is 0 Å². The van der Waals surface area contributed by atoms with Crippen LogP contribution in [0, 0.1) is 0 Å². The molecule has 2 heterocycles. The first-order chi connectivity index (χ1) is 6.70. The average Bonchev–Trinajstić information content (AvgIpc) is 2.71. The van der Waals surface area contributed by atoms with E-state index in [1.54, 1.807) is 11.7 Å². The number of aromatic carboxylic acids is 1. The molecular formula is C9H12N2O2S. The third kappa shape index (κ3) is 1.52. The highest BCUT2D eigenvalue weighted by Crippen LogP contribution is 2.40. The number of carboxylic acids is 1. The highest BCUT2D eigenvalue weighted by molar-refractivity contribution is 7.99. The maximum atomic E-state index is 10.9. The van der Waals surface area contributed by atoms with Gasteiger partial charge in [0.05, 0.1) is 11.9 Å². The van der Waals surface area contributed by atoms with Crippen LogP contribution in [0.4, 0.5) is 0 Å². The summed E-state index contributed by atoms with van der Waals surface area (Å²) in [6, 6.07) is 0. The van der Waals surface area contributed by atoms with Gasteiger partial charge in [0.25, 0.3) is 0 Å². The van der Waals surface area contributed by atoms with Gasteiger partial charge in [0, 0.05) is 12.3 Å². The van der Waals surface area contributed by atoms with Gasteiger partial charge in [-0.05, 0) is 18.6 Å². The van der Waals surface area contributed by atoms with Crippen LogP contribution in [0.1, 0.15) is 34.1 Å². The van der Waals surface area contributed by atoms with Crippen LogP contribution >= 0.6 is 11.8 Å². The molecule has 76 valence electrons. The number of carbonyl (C=O) groups is 1. The fraction of sp³-hybridized carbons (Fsp3) is 0.556. The van der Waals surface area contributed by atoms with E-state index in [0.29, 0.717) is 10.8 Å². The van der Waals surface area contributed by atoms with Crippen LogP contribution in [0.25, 0.3) is 0 Å². The second-order valence-electron chi connectivity index (χ2n) is 3.37. The molecule has 1 aromatic heterocycles. The smallest absolute Gasteiger partial charge is 0.339 e. The molecule has 0 bridgehead atoms. The minimum atomic E-state index is -0.874. The Kier molecular flexibility index (Phi) is 2.50. The number of carboxylic acid groups (broad SMARTS) is 1. The van der Waals surface area contributed by atoms with E-state index in [1.165, 1.54) is 12.6 Å². The van der Waals surface area contributed by atoms with Crippen molar-refractivity contribution < 1.29 is 9.90 Å². The third-order valence-electron chi connectivity index (χ3n) is 2.45. The SMILES string of the molecule is Cn1ncc(C(=O)O)c1C1CCCS1. The normalized spacial score (nSPS) is 21.4. The van der Waals surface area contributed by atoms with Crippen LogP contribution in [0.5, 0.6) is 0 Å². The van der Waals surface area contributed by atoms with E-state index in [-0.39, 0.29) is 0 Å². The van der Waals surface area contributed by atoms with Gasteiger partial charge in [-0.25, -0.2) is 4.79 Å². The summed E-state index contributed by atoms with van der Waals surface area (Å²) in [5.74, 6) is 0.246. The van der Waals surface area contributed by atoms with Crippen LogP contribution in [-0.2, 0) is 7.05 Å². The summed E-state index contributed by atoms with van der Waals surface area (Å²) in [5, 5.41) is 13.3. The number of hydrogen-bond donors (Lipinski definition) is 1. The molecule has 1 atom stereocenters. The van der Waals surface area contributed by atoms with Crippen molar-refractivity contribution >= 4 is 17.7 Å². The molecule has 0 radical (unpaired) electrons. The van der Waals surface area contributed by atoms with Gasteiger partial charge in [0.1, 0.15) is 5.56 Å². The highest BCUT2D eigenvalue weighted by Gasteiger charge is 2.26. The minimum Gasteiger partial charge on any atom is -0.478 e. The lowest BCUT2D eigenvalue weighted by atomic mass is 10.1. The minimum absolute atomic E-state index is 0.314. The maximum absolute atomic E-state index is 10.9. The summed E-state index contributed by atoms with van der Waals surface area (Å²) in [4.78, 5) is 10.9. The van der Waals surface area contributed by atoms with E-state index < -0.39 is 5.97 Å². The summed E-state index contributed by atoms with van der Waals surface area (Å²) < 4.78 is 1.69. The molecule has 2 rings (SSSR count). The first-order valence-electron chi connectivity index (χ1n) is 4.57. The van der Waals surface area contributed by atoms with Crippen LogP contribution in [0.15, 0.2) is 6.20 Å². The fourth-order valence-electron chi connectivity index (χ4n) is 1.79. The fourth-order valence-corrected chi connectivity index (χ4v) is 3.18. The first kappa shape index (κ1) is 9.58. The molecule has 0 amide bonds. The Hall–Kier alpha value is -0.970. The van der Waals surface area contributed by atoms with E-state index >= 15 is 0 Å². The van der Waals surface area contributed by atoms with E-state index in [4.69, 9.17) is 5.11 Å². The van der Waals surface area contributed by atoms with Crippen molar-refractivity contribution in [1.82, 2.24) is 9.78 Å². The van der Waals surface area contributed by atoms with Gasteiger partial charge in [-0.3, -0.25) is 4.68 Å². The monoisotopic (exact) mass is 212 g/mol. The van der Waals surface area contributed by atoms with E-state index in [2.05, 4.69) is 5.10 Å². The van der Waals surface area contributed by atoms with Gasteiger partial charge >= 0.3 is 5.97 Å². The Morgan fingerprint density at radius 3 is 3.14 bits per heavy atom. The molecule has 4 nitrogen and oxygen atoms in total. The molecular weight excluding hydrogens is 200 g/mol. The maximum Gasteiger partial charge on any atom is 0.339 e. The van der Waals surface area contributed by atoms with Crippen molar-refractivity contribution in [2.75, 3.05) is 5.75 Å². The zero-order valence-corrected chi connectivity index (χ0v) is 8.75. The molecule has 1 fully saturated rings. The molecule has 1 N–H and O–H groups in total. The van der Waals surface area contributed by atoms with Crippen LogP contribution in [-0.4, -0.2) is 26.6 Å². The van der Waals surface area contributed by atoms with E-state index in [1.807, 2.05) is 11.8 Å². The van der Waals surface area contributed by atoms with Crippen molar-refractivity contribution in [2.45, 2.75) is 18.1 Å². The topological polar surface area (TPSA) is 55.1 Å². The number of aryl methyl sites for hydroxylation is 1. The summed E-state index contributed by atoms with van der Waals surface area (Å²) in [6.07, 6.45) is 3.67. The largest absolute Gasteiger partial charge is 0.478 e. The summed E-state index contributed by atoms with van der Waals surface area (Å²) in [7, 11) is 1.81. The predicted octanol–water partition coefficient (Wildman–Crippen LogP) is 1.69. The second-order valence-corrected chi connectivity index (χ2v) is 4.68. The lowest BCUT2D eigenvalue weighted by Crippen LogP contribution is -2.06. The molecule has 1 aliphatic rings. The standard InChI is InChI=1S/C9H12N2O2S/c1-11-8(7-3-2-4-14-7)6(5-10-11)9(12)13/h5,7H,2-4H2,1H3,(H,12,13). The van der Waals surface area contributed by atoms with Gasteiger partial charge in [-0.2, -0.15) is 16.9 Å². The van der Waals surface area contributed by atoms with Gasteiger partial charge in [0.15, 0.2) is 0 Å². The first-order valence-corrected chi connectivity index (χ1v) is 5.62. The van der Waals surface area contributed by atoms with Gasteiger partial charge in [-0.15, -0.1) is 0 Å². The molecule has 1 aromatic rings. The number of aromatic nitrogens is 2. The zero-order chi connectivity index (χ0) is 10.1. The summed E-state index contributed by atoms with van der Waals surface area (Å²) in [5.41, 5.74) is 1.21. The lowest BCUT2D eigenvalue weighted by Gasteiger charge is -2.10. The highest BCUT2D eigenvalue weighted by atomic mass is 32.2. The predicted molar refractivity (Wildman–Crippen MR) is 54.6 cm³/mol. The number of rotatable bonds is 2. The number of nitrogens with zero attached hydrogens (tertiary/aromatic N) is 2. The molecule has 1 aliphatic heterocycles. The Morgan fingerprint density at radius 1 is 1.79 bits per heavy atom. The van der Waals surface area contributed by atoms with Crippen LogP contribution < -0.4 is 0 Å². The molecule has 0 spiro atoms. The second kappa shape index (κ2) is 3.65. The number of hydrogen-bond acceptors (Lipinski definition) is 3. The molecule has 5 heteroatoms. The van der Waals surface area contributed by atoms with Crippen molar-refractivity contribution in [3.63, 3.8) is 0 Å². The molecule has 0 aliphatic carbocycles. The summed E-state index contributed by atoms with van der Waals surface area (Å²) in [6.45, 7) is 0. The van der Waals surface area contributed by atoms with Crippen molar-refractivity contribution in [3.8, 4) is 0 Å². The van der Waals surface area contributed by atoms with Gasteiger partial charge in [-0.1, -0.05) is 0 Å². The van der Waals surface area contributed by atoms with Crippen molar-refractivity contribution in [2.24, 2.45) is 7.05 Å². The molecule has 0 saturated carbocycles. The zero-order valence-electron chi connectivity index (χ0n) is 7.93. The molecule has 1 unspecified atom stereocenters. The van der Waals surface area contributed by atoms with Crippen molar-refractivity contribution in [3.05, 3.63) is 17.5 Å². The van der Waals surface area contributed by atoms with Crippen LogP contribution in [0.2, 0.25) is 0 Å². The van der Waals surface area contributed by atoms with Gasteiger partial charge < -0.3 is 5.11 Å². The molecule has 0 aromatic carbocycles. The van der Waals surface area contributed by atoms with Gasteiger partial charge in [0.2, 0.25) is 0 Å². The van der Waals surface area contributed by atoms with E-state index in [9.17, 15) is 4.79 Å². The van der Waals surface area contributed by atoms with E-state index in [0.717, 1.165) is 17.9 Å². The Labute approximate surface area is 86.3 Å².